The molecule has 3 aromatic heterocycles. The third kappa shape index (κ3) is 6.40. The van der Waals surface area contributed by atoms with Crippen molar-refractivity contribution in [2.24, 2.45) is 0 Å². The van der Waals surface area contributed by atoms with E-state index in [0.29, 0.717) is 17.5 Å². The summed E-state index contributed by atoms with van der Waals surface area (Å²) < 4.78 is 4.42. The fourth-order valence-electron chi connectivity index (χ4n) is 7.94. The molecule has 282 valence electrons. The highest BCUT2D eigenvalue weighted by Gasteiger charge is 2.19. The van der Waals surface area contributed by atoms with E-state index in [2.05, 4.69) is 179 Å². The number of hydrogen-bond acceptors (Lipinski definition) is 5. The molecule has 0 fully saturated rings. The van der Waals surface area contributed by atoms with Gasteiger partial charge < -0.3 is 0 Å². The Kier molecular flexibility index (Phi) is 8.67. The summed E-state index contributed by atoms with van der Waals surface area (Å²) in [6.45, 7) is 0. The van der Waals surface area contributed by atoms with E-state index in [1.807, 2.05) is 42.5 Å². The quantitative estimate of drug-likeness (QED) is 0.154. The second-order valence-electron chi connectivity index (χ2n) is 14.6. The Morgan fingerprint density at radius 2 is 0.583 bits per heavy atom. The van der Waals surface area contributed by atoms with Crippen molar-refractivity contribution < 1.29 is 0 Å². The van der Waals surface area contributed by atoms with E-state index in [0.717, 1.165) is 84.0 Å². The van der Waals surface area contributed by atoms with Crippen LogP contribution in [-0.2, 0) is 0 Å². The van der Waals surface area contributed by atoms with Gasteiger partial charge in [0.15, 0.2) is 17.5 Å². The molecule has 0 amide bonds. The van der Waals surface area contributed by atoms with Crippen LogP contribution < -0.4 is 0 Å². The first kappa shape index (κ1) is 34.9. The standard InChI is InChI=1S/C53H35N7/c1-4-17-36(18-5-1)37-19-14-20-38(33-37)49-56-50(39-21-15-23-41(34-39)52-54-45-29-10-12-31-47(45)59(52)43-25-6-2-7-26-43)58-51(57-49)40-22-16-24-42(35-40)53-55-46-30-11-13-32-48(46)60(53)44-27-8-3-9-28-44/h1-35H. The summed E-state index contributed by atoms with van der Waals surface area (Å²) in [5.41, 5.74) is 12.7. The van der Waals surface area contributed by atoms with Crippen molar-refractivity contribution in [3.63, 3.8) is 0 Å². The lowest BCUT2D eigenvalue weighted by Gasteiger charge is -2.13. The van der Waals surface area contributed by atoms with Gasteiger partial charge in [0, 0.05) is 39.2 Å². The van der Waals surface area contributed by atoms with Gasteiger partial charge in [0.1, 0.15) is 11.6 Å². The molecule has 7 heteroatoms. The topological polar surface area (TPSA) is 74.3 Å². The molecule has 0 unspecified atom stereocenters. The minimum atomic E-state index is 0.561. The number of fused-ring (bicyclic) bond motifs is 2. The Morgan fingerprint density at radius 1 is 0.250 bits per heavy atom. The van der Waals surface area contributed by atoms with Crippen molar-refractivity contribution in [2.45, 2.75) is 0 Å². The first-order chi connectivity index (χ1) is 29.7. The molecule has 0 bridgehead atoms. The van der Waals surface area contributed by atoms with Crippen molar-refractivity contribution in [1.29, 1.82) is 0 Å². The maximum Gasteiger partial charge on any atom is 0.164 e. The Labute approximate surface area is 346 Å². The van der Waals surface area contributed by atoms with E-state index < -0.39 is 0 Å². The van der Waals surface area contributed by atoms with E-state index in [-0.39, 0.29) is 0 Å². The average molecular weight is 770 g/mol. The molecule has 0 aliphatic heterocycles. The molecule has 0 aliphatic rings. The van der Waals surface area contributed by atoms with Crippen molar-refractivity contribution in [2.75, 3.05) is 0 Å². The van der Waals surface area contributed by atoms with Crippen LogP contribution in [0.1, 0.15) is 0 Å². The fraction of sp³-hybridized carbons (Fsp3) is 0. The molecule has 0 spiro atoms. The number of hydrogen-bond donors (Lipinski definition) is 0. The van der Waals surface area contributed by atoms with Gasteiger partial charge in [0.05, 0.1) is 22.1 Å². The molecule has 11 aromatic rings. The largest absolute Gasteiger partial charge is 0.292 e. The highest BCUT2D eigenvalue weighted by Crippen LogP contribution is 2.35. The molecular weight excluding hydrogens is 735 g/mol. The monoisotopic (exact) mass is 769 g/mol. The number of benzene rings is 8. The van der Waals surface area contributed by atoms with Gasteiger partial charge in [0.2, 0.25) is 0 Å². The predicted octanol–water partition coefficient (Wildman–Crippen LogP) is 12.6. The second-order valence-corrected chi connectivity index (χ2v) is 14.6. The van der Waals surface area contributed by atoms with Crippen molar-refractivity contribution >= 4 is 22.1 Å². The summed E-state index contributed by atoms with van der Waals surface area (Å²) in [5.74, 6) is 3.38. The molecule has 0 saturated heterocycles. The van der Waals surface area contributed by atoms with Crippen LogP contribution in [0.3, 0.4) is 0 Å². The van der Waals surface area contributed by atoms with Crippen LogP contribution in [0.25, 0.3) is 102 Å². The molecule has 0 aliphatic carbocycles. The summed E-state index contributed by atoms with van der Waals surface area (Å²) in [6.07, 6.45) is 0. The first-order valence-corrected chi connectivity index (χ1v) is 19.9. The Bertz CT molecular complexity index is 3140. The molecule has 0 atom stereocenters. The summed E-state index contributed by atoms with van der Waals surface area (Å²) in [5, 5.41) is 0. The van der Waals surface area contributed by atoms with E-state index >= 15 is 0 Å². The van der Waals surface area contributed by atoms with Gasteiger partial charge in [-0.05, 0) is 77.9 Å². The van der Waals surface area contributed by atoms with Gasteiger partial charge in [-0.3, -0.25) is 9.13 Å². The maximum absolute atomic E-state index is 5.22. The summed E-state index contributed by atoms with van der Waals surface area (Å²) in [4.78, 5) is 25.9. The van der Waals surface area contributed by atoms with E-state index in [4.69, 9.17) is 24.9 Å². The minimum absolute atomic E-state index is 0.561. The smallest absolute Gasteiger partial charge is 0.164 e. The van der Waals surface area contributed by atoms with E-state index in [1.54, 1.807) is 0 Å². The van der Waals surface area contributed by atoms with Crippen LogP contribution in [0.2, 0.25) is 0 Å². The minimum Gasteiger partial charge on any atom is -0.292 e. The zero-order valence-electron chi connectivity index (χ0n) is 32.3. The first-order valence-electron chi connectivity index (χ1n) is 19.9. The Morgan fingerprint density at radius 3 is 1.03 bits per heavy atom. The lowest BCUT2D eigenvalue weighted by atomic mass is 10.0. The van der Waals surface area contributed by atoms with Crippen LogP contribution in [0.4, 0.5) is 0 Å². The van der Waals surface area contributed by atoms with Crippen molar-refractivity contribution in [1.82, 2.24) is 34.1 Å². The van der Waals surface area contributed by atoms with Crippen LogP contribution in [0.5, 0.6) is 0 Å². The average Bonchev–Trinajstić information content (AvgIpc) is 3.92. The Balaban J connectivity index is 1.08. The van der Waals surface area contributed by atoms with E-state index in [1.165, 1.54) is 0 Å². The molecule has 0 radical (unpaired) electrons. The van der Waals surface area contributed by atoms with Gasteiger partial charge in [-0.2, -0.15) is 0 Å². The number of para-hydroxylation sites is 6. The lowest BCUT2D eigenvalue weighted by molar-refractivity contribution is 1.07. The highest BCUT2D eigenvalue weighted by atomic mass is 15.1. The van der Waals surface area contributed by atoms with Gasteiger partial charge in [0.25, 0.3) is 0 Å². The van der Waals surface area contributed by atoms with Gasteiger partial charge in [-0.15, -0.1) is 0 Å². The van der Waals surface area contributed by atoms with Crippen LogP contribution in [0, 0.1) is 0 Å². The van der Waals surface area contributed by atoms with Crippen molar-refractivity contribution in [3.8, 4) is 79.4 Å². The molecule has 60 heavy (non-hydrogen) atoms. The fourth-order valence-corrected chi connectivity index (χ4v) is 7.94. The molecule has 0 saturated carbocycles. The van der Waals surface area contributed by atoms with E-state index in [9.17, 15) is 0 Å². The van der Waals surface area contributed by atoms with Gasteiger partial charge in [-0.1, -0.05) is 146 Å². The van der Waals surface area contributed by atoms with Crippen LogP contribution >= 0.6 is 0 Å². The number of rotatable bonds is 8. The lowest BCUT2D eigenvalue weighted by Crippen LogP contribution is -2.02. The molecule has 11 rings (SSSR count). The zero-order valence-corrected chi connectivity index (χ0v) is 32.3. The highest BCUT2D eigenvalue weighted by molar-refractivity contribution is 5.86. The molecule has 3 heterocycles. The molecular formula is C53H35N7. The van der Waals surface area contributed by atoms with Gasteiger partial charge in [-0.25, -0.2) is 24.9 Å². The zero-order chi connectivity index (χ0) is 39.8. The molecule has 0 N–H and O–H groups in total. The molecule has 8 aromatic carbocycles. The number of nitrogens with zero attached hydrogens (tertiary/aromatic N) is 7. The summed E-state index contributed by atoms with van der Waals surface area (Å²) in [7, 11) is 0. The van der Waals surface area contributed by atoms with Gasteiger partial charge >= 0.3 is 0 Å². The summed E-state index contributed by atoms with van der Waals surface area (Å²) >= 11 is 0. The SMILES string of the molecule is c1ccc(-c2cccc(-c3nc(-c4cccc(-c5nc6ccccc6n5-c5ccccc5)c4)nc(-c4cccc(-c5nc6ccccc6n5-c5ccccc5)c4)n3)c2)cc1. The number of imidazole rings is 2. The predicted molar refractivity (Wildman–Crippen MR) is 242 cm³/mol. The third-order valence-electron chi connectivity index (χ3n) is 10.8. The second kappa shape index (κ2) is 14.9. The third-order valence-corrected chi connectivity index (χ3v) is 10.8. The normalized spacial score (nSPS) is 11.3. The molecule has 7 nitrogen and oxygen atoms in total. The number of aromatic nitrogens is 7. The van der Waals surface area contributed by atoms with Crippen molar-refractivity contribution in [3.05, 3.63) is 212 Å². The van der Waals surface area contributed by atoms with Crippen LogP contribution in [-0.4, -0.2) is 34.1 Å². The maximum atomic E-state index is 5.22. The Hall–Kier alpha value is -8.29. The van der Waals surface area contributed by atoms with Crippen LogP contribution in [0.15, 0.2) is 212 Å². The summed E-state index contributed by atoms with van der Waals surface area (Å²) in [6, 6.07) is 72.6.